The lowest BCUT2D eigenvalue weighted by atomic mass is 10.2. The summed E-state index contributed by atoms with van der Waals surface area (Å²) in [5.74, 6) is 0.588. The minimum Gasteiger partial charge on any atom is -0.492 e. The number of hydrogen-bond donors (Lipinski definition) is 1. The molecule has 0 atom stereocenters. The van der Waals surface area contributed by atoms with E-state index in [2.05, 4.69) is 25.5 Å². The number of amides is 1. The van der Waals surface area contributed by atoms with Gasteiger partial charge in [-0.1, -0.05) is 17.3 Å². The maximum Gasteiger partial charge on any atom is 0.253 e. The van der Waals surface area contributed by atoms with Crippen molar-refractivity contribution in [2.75, 3.05) is 27.2 Å². The maximum absolute atomic E-state index is 12.4. The van der Waals surface area contributed by atoms with E-state index in [1.165, 1.54) is 6.20 Å². The van der Waals surface area contributed by atoms with Crippen LogP contribution in [0.25, 0.3) is 11.2 Å². The average Bonchev–Trinajstić information content (AvgIpc) is 3.00. The number of carbonyl (C=O) groups is 1. The minimum absolute atomic E-state index is 0.205. The number of carbonyl (C=O) groups excluding carboxylic acids is 1. The number of pyridine rings is 1. The van der Waals surface area contributed by atoms with Crippen LogP contribution in [0, 0.1) is 0 Å². The molecule has 0 fully saturated rings. The molecule has 0 saturated heterocycles. The molecule has 1 aromatic carbocycles. The van der Waals surface area contributed by atoms with Crippen LogP contribution >= 0.6 is 0 Å². The Hall–Kier alpha value is -3.00. The summed E-state index contributed by atoms with van der Waals surface area (Å²) in [5, 5.41) is 10.8. The molecule has 0 unspecified atom stereocenters. The molecule has 136 valence electrons. The highest BCUT2D eigenvalue weighted by atomic mass is 16.5. The second-order valence-electron chi connectivity index (χ2n) is 6.26. The maximum atomic E-state index is 12.4. The number of nitrogens with one attached hydrogen (secondary N) is 1. The molecule has 8 heteroatoms. The summed E-state index contributed by atoms with van der Waals surface area (Å²) in [6.45, 7) is 1.87. The van der Waals surface area contributed by atoms with Crippen LogP contribution in [0.5, 0.6) is 5.75 Å². The SMILES string of the molecule is CN(C)CCOc1cccc(CNC(=O)c2cnc3c(c2)nnn3C)c1. The van der Waals surface area contributed by atoms with Gasteiger partial charge in [0.05, 0.1) is 5.56 Å². The van der Waals surface area contributed by atoms with Gasteiger partial charge in [-0.15, -0.1) is 5.10 Å². The van der Waals surface area contributed by atoms with E-state index in [0.717, 1.165) is 17.9 Å². The number of likely N-dealkylation sites (N-methyl/N-ethyl adjacent to an activating group) is 1. The Morgan fingerprint density at radius 1 is 1.31 bits per heavy atom. The lowest BCUT2D eigenvalue weighted by Gasteiger charge is -2.12. The molecule has 2 heterocycles. The number of rotatable bonds is 7. The second-order valence-corrected chi connectivity index (χ2v) is 6.26. The second kappa shape index (κ2) is 7.92. The largest absolute Gasteiger partial charge is 0.492 e. The van der Waals surface area contributed by atoms with Gasteiger partial charge in [-0.25, -0.2) is 9.67 Å². The normalized spacial score (nSPS) is 11.1. The third kappa shape index (κ3) is 4.34. The summed E-state index contributed by atoms with van der Waals surface area (Å²) in [6.07, 6.45) is 1.53. The van der Waals surface area contributed by atoms with Gasteiger partial charge in [0.15, 0.2) is 5.65 Å². The van der Waals surface area contributed by atoms with Crippen molar-refractivity contribution < 1.29 is 9.53 Å². The topological polar surface area (TPSA) is 85.2 Å². The lowest BCUT2D eigenvalue weighted by molar-refractivity contribution is 0.0950. The summed E-state index contributed by atoms with van der Waals surface area (Å²) in [4.78, 5) is 18.7. The predicted molar refractivity (Wildman–Crippen MR) is 98.0 cm³/mol. The molecule has 1 N–H and O–H groups in total. The fourth-order valence-electron chi connectivity index (χ4n) is 2.43. The molecule has 0 aliphatic rings. The number of nitrogens with zero attached hydrogens (tertiary/aromatic N) is 5. The summed E-state index contributed by atoms with van der Waals surface area (Å²) >= 11 is 0. The molecular weight excluding hydrogens is 332 g/mol. The Balaban J connectivity index is 1.59. The van der Waals surface area contributed by atoms with E-state index in [9.17, 15) is 4.79 Å². The molecule has 0 aliphatic carbocycles. The quantitative estimate of drug-likeness (QED) is 0.687. The van der Waals surface area contributed by atoms with Crippen molar-refractivity contribution in [3.05, 3.63) is 47.7 Å². The first-order chi connectivity index (χ1) is 12.5. The van der Waals surface area contributed by atoms with Crippen LogP contribution in [0.15, 0.2) is 36.5 Å². The zero-order valence-electron chi connectivity index (χ0n) is 15.1. The average molecular weight is 354 g/mol. The third-order valence-electron chi connectivity index (χ3n) is 3.86. The molecule has 0 spiro atoms. The molecular formula is C18H22N6O2. The highest BCUT2D eigenvalue weighted by Gasteiger charge is 2.10. The van der Waals surface area contributed by atoms with Gasteiger partial charge in [0.25, 0.3) is 5.91 Å². The van der Waals surface area contributed by atoms with E-state index in [0.29, 0.717) is 29.9 Å². The van der Waals surface area contributed by atoms with Crippen molar-refractivity contribution in [1.29, 1.82) is 0 Å². The monoisotopic (exact) mass is 354 g/mol. The highest BCUT2D eigenvalue weighted by Crippen LogP contribution is 2.14. The van der Waals surface area contributed by atoms with Crippen LogP contribution in [0.1, 0.15) is 15.9 Å². The molecule has 0 bridgehead atoms. The predicted octanol–water partition coefficient (Wildman–Crippen LogP) is 1.23. The first-order valence-electron chi connectivity index (χ1n) is 8.33. The zero-order chi connectivity index (χ0) is 18.5. The number of benzene rings is 1. The van der Waals surface area contributed by atoms with E-state index in [1.54, 1.807) is 17.8 Å². The Morgan fingerprint density at radius 3 is 2.96 bits per heavy atom. The van der Waals surface area contributed by atoms with Gasteiger partial charge in [-0.3, -0.25) is 4.79 Å². The van der Waals surface area contributed by atoms with Crippen molar-refractivity contribution >= 4 is 17.1 Å². The first kappa shape index (κ1) is 17.8. The molecule has 0 saturated carbocycles. The molecule has 2 aromatic heterocycles. The van der Waals surface area contributed by atoms with Crippen LogP contribution in [0.3, 0.4) is 0 Å². The number of aryl methyl sites for hydroxylation is 1. The Labute approximate surface area is 151 Å². The molecule has 0 radical (unpaired) electrons. The van der Waals surface area contributed by atoms with Crippen molar-refractivity contribution in [2.45, 2.75) is 6.54 Å². The van der Waals surface area contributed by atoms with E-state index in [4.69, 9.17) is 4.74 Å². The smallest absolute Gasteiger partial charge is 0.253 e. The van der Waals surface area contributed by atoms with Crippen LogP contribution in [0.4, 0.5) is 0 Å². The van der Waals surface area contributed by atoms with Gasteiger partial charge in [0.2, 0.25) is 0 Å². The molecule has 3 rings (SSSR count). The summed E-state index contributed by atoms with van der Waals surface area (Å²) in [7, 11) is 5.76. The van der Waals surface area contributed by atoms with E-state index in [1.807, 2.05) is 38.4 Å². The van der Waals surface area contributed by atoms with Gasteiger partial charge < -0.3 is 15.0 Å². The van der Waals surface area contributed by atoms with Gasteiger partial charge in [-0.2, -0.15) is 0 Å². The van der Waals surface area contributed by atoms with Crippen LogP contribution in [0.2, 0.25) is 0 Å². The van der Waals surface area contributed by atoms with Crippen LogP contribution in [-0.4, -0.2) is 58.0 Å². The minimum atomic E-state index is -0.205. The fourth-order valence-corrected chi connectivity index (χ4v) is 2.43. The van der Waals surface area contributed by atoms with E-state index < -0.39 is 0 Å². The van der Waals surface area contributed by atoms with E-state index >= 15 is 0 Å². The van der Waals surface area contributed by atoms with Gasteiger partial charge >= 0.3 is 0 Å². The van der Waals surface area contributed by atoms with Crippen LogP contribution in [-0.2, 0) is 13.6 Å². The number of aromatic nitrogens is 4. The lowest BCUT2D eigenvalue weighted by Crippen LogP contribution is -2.23. The molecule has 0 aliphatic heterocycles. The fraction of sp³-hybridized carbons (Fsp3) is 0.333. The molecule has 8 nitrogen and oxygen atoms in total. The zero-order valence-corrected chi connectivity index (χ0v) is 15.1. The van der Waals surface area contributed by atoms with Crippen molar-refractivity contribution in [3.8, 4) is 5.75 Å². The third-order valence-corrected chi connectivity index (χ3v) is 3.86. The Morgan fingerprint density at radius 2 is 2.15 bits per heavy atom. The summed E-state index contributed by atoms with van der Waals surface area (Å²) < 4.78 is 7.29. The molecule has 1 amide bonds. The first-order valence-corrected chi connectivity index (χ1v) is 8.33. The Bertz CT molecular complexity index is 906. The number of fused-ring (bicyclic) bond motifs is 1. The Kier molecular flexibility index (Phi) is 5.43. The van der Waals surface area contributed by atoms with Crippen molar-refractivity contribution in [2.24, 2.45) is 7.05 Å². The number of ether oxygens (including phenoxy) is 1. The van der Waals surface area contributed by atoms with Crippen molar-refractivity contribution in [3.63, 3.8) is 0 Å². The summed E-state index contributed by atoms with van der Waals surface area (Å²) in [6, 6.07) is 9.39. The van der Waals surface area contributed by atoms with Gasteiger partial charge in [0, 0.05) is 26.3 Å². The van der Waals surface area contributed by atoms with Gasteiger partial charge in [0.1, 0.15) is 17.9 Å². The molecule has 26 heavy (non-hydrogen) atoms. The molecule has 3 aromatic rings. The standard InChI is InChI=1S/C18H22N6O2/c1-23(2)7-8-26-15-6-4-5-13(9-15)11-20-18(25)14-10-16-17(19-12-14)24(3)22-21-16/h4-6,9-10,12H,7-8,11H2,1-3H3,(H,20,25). The van der Waals surface area contributed by atoms with E-state index in [-0.39, 0.29) is 5.91 Å². The number of hydrogen-bond acceptors (Lipinski definition) is 6. The summed E-state index contributed by atoms with van der Waals surface area (Å²) in [5.41, 5.74) is 2.66. The van der Waals surface area contributed by atoms with Crippen molar-refractivity contribution in [1.82, 2.24) is 30.2 Å². The highest BCUT2D eigenvalue weighted by molar-refractivity contribution is 5.96. The van der Waals surface area contributed by atoms with Gasteiger partial charge in [-0.05, 0) is 37.9 Å². The van der Waals surface area contributed by atoms with Crippen LogP contribution < -0.4 is 10.1 Å².